The predicted molar refractivity (Wildman–Crippen MR) is 88.1 cm³/mol. The highest BCUT2D eigenvalue weighted by atomic mass is 16.2. The number of carbonyl (C=O) groups is 1. The molecule has 2 fully saturated rings. The molecule has 0 N–H and O–H groups in total. The Kier molecular flexibility index (Phi) is 4.84. The number of amides is 2. The van der Waals surface area contributed by atoms with Gasteiger partial charge in [0.05, 0.1) is 6.54 Å². The van der Waals surface area contributed by atoms with Gasteiger partial charge in [0.25, 0.3) is 0 Å². The Morgan fingerprint density at radius 3 is 2.52 bits per heavy atom. The molecule has 2 aliphatic rings. The van der Waals surface area contributed by atoms with Crippen LogP contribution in [-0.4, -0.2) is 75.8 Å². The minimum absolute atomic E-state index is 0.211. The highest BCUT2D eigenvalue weighted by Gasteiger charge is 2.31. The molecule has 0 aliphatic carbocycles. The van der Waals surface area contributed by atoms with Crippen LogP contribution in [-0.2, 0) is 13.6 Å². The molecule has 1 aromatic heterocycles. The van der Waals surface area contributed by atoms with Crippen LogP contribution in [0.4, 0.5) is 4.79 Å². The summed E-state index contributed by atoms with van der Waals surface area (Å²) in [5.74, 6) is 2.29. The van der Waals surface area contributed by atoms with Crippen LogP contribution in [0.15, 0.2) is 0 Å². The van der Waals surface area contributed by atoms with Crippen LogP contribution in [0.1, 0.15) is 43.3 Å². The number of hydrogen-bond acceptors (Lipinski definition) is 4. The van der Waals surface area contributed by atoms with Gasteiger partial charge in [-0.05, 0) is 39.8 Å². The summed E-state index contributed by atoms with van der Waals surface area (Å²) in [6.45, 7) is 4.25. The number of rotatable bonds is 3. The van der Waals surface area contributed by atoms with Gasteiger partial charge >= 0.3 is 6.03 Å². The van der Waals surface area contributed by atoms with E-state index in [1.807, 2.05) is 30.9 Å². The van der Waals surface area contributed by atoms with Crippen LogP contribution in [0.5, 0.6) is 0 Å². The molecule has 0 spiro atoms. The van der Waals surface area contributed by atoms with E-state index in [1.54, 1.807) is 0 Å². The molecular weight excluding hydrogens is 292 g/mol. The third kappa shape index (κ3) is 3.49. The Hall–Kier alpha value is -1.63. The van der Waals surface area contributed by atoms with Crippen LogP contribution in [0.2, 0.25) is 0 Å². The first-order valence-electron chi connectivity index (χ1n) is 8.63. The third-order valence-electron chi connectivity index (χ3n) is 4.89. The van der Waals surface area contributed by atoms with Crippen molar-refractivity contribution in [2.75, 3.05) is 40.3 Å². The van der Waals surface area contributed by atoms with Crippen molar-refractivity contribution >= 4 is 6.03 Å². The van der Waals surface area contributed by atoms with Crippen molar-refractivity contribution in [1.82, 2.24) is 29.5 Å². The zero-order valence-corrected chi connectivity index (χ0v) is 14.5. The van der Waals surface area contributed by atoms with E-state index in [9.17, 15) is 4.79 Å². The first kappa shape index (κ1) is 16.2. The lowest BCUT2D eigenvalue weighted by atomic mass is 9.97. The van der Waals surface area contributed by atoms with E-state index in [-0.39, 0.29) is 6.03 Å². The molecule has 7 nitrogen and oxygen atoms in total. The second-order valence-electron chi connectivity index (χ2n) is 7.03. The Balaban J connectivity index is 1.68. The molecule has 0 aromatic carbocycles. The van der Waals surface area contributed by atoms with Gasteiger partial charge in [0, 0.05) is 39.1 Å². The second-order valence-corrected chi connectivity index (χ2v) is 7.03. The third-order valence-corrected chi connectivity index (χ3v) is 4.89. The van der Waals surface area contributed by atoms with Gasteiger partial charge in [-0.15, -0.1) is 10.2 Å². The van der Waals surface area contributed by atoms with Gasteiger partial charge in [-0.1, -0.05) is 0 Å². The van der Waals surface area contributed by atoms with Gasteiger partial charge in [0.2, 0.25) is 0 Å². The van der Waals surface area contributed by atoms with Gasteiger partial charge < -0.3 is 19.3 Å². The van der Waals surface area contributed by atoms with Gasteiger partial charge in [-0.25, -0.2) is 4.79 Å². The molecular formula is C16H28N6O. The zero-order chi connectivity index (χ0) is 16.4. The maximum atomic E-state index is 12.6. The van der Waals surface area contributed by atoms with E-state index in [0.717, 1.165) is 70.1 Å². The van der Waals surface area contributed by atoms with Crippen LogP contribution in [0.25, 0.3) is 0 Å². The van der Waals surface area contributed by atoms with E-state index < -0.39 is 0 Å². The molecule has 3 heterocycles. The lowest BCUT2D eigenvalue weighted by molar-refractivity contribution is 0.145. The summed E-state index contributed by atoms with van der Waals surface area (Å²) in [7, 11) is 6.10. The van der Waals surface area contributed by atoms with Crippen molar-refractivity contribution in [3.8, 4) is 0 Å². The maximum absolute atomic E-state index is 12.6. The lowest BCUT2D eigenvalue weighted by Gasteiger charge is -2.34. The highest BCUT2D eigenvalue weighted by Crippen LogP contribution is 2.27. The minimum atomic E-state index is 0.211. The van der Waals surface area contributed by atoms with Crippen LogP contribution in [0, 0.1) is 0 Å². The number of hydrogen-bond donors (Lipinski definition) is 0. The molecule has 3 rings (SSSR count). The van der Waals surface area contributed by atoms with E-state index in [0.29, 0.717) is 5.92 Å². The SMILES string of the molecule is CN(C)Cc1nnc([C@H]2CCCN(C(=O)N3CCCC3)C2)n1C. The van der Waals surface area contributed by atoms with Crippen molar-refractivity contribution in [2.24, 2.45) is 7.05 Å². The number of carbonyl (C=O) groups excluding carboxylic acids is 1. The summed E-state index contributed by atoms with van der Waals surface area (Å²) in [6.07, 6.45) is 4.40. The number of piperidine rings is 1. The average molecular weight is 320 g/mol. The van der Waals surface area contributed by atoms with Gasteiger partial charge in [-0.2, -0.15) is 0 Å². The van der Waals surface area contributed by atoms with Crippen LogP contribution < -0.4 is 0 Å². The Bertz CT molecular complexity index is 549. The fourth-order valence-corrected chi connectivity index (χ4v) is 3.62. The number of nitrogens with zero attached hydrogens (tertiary/aromatic N) is 6. The van der Waals surface area contributed by atoms with Crippen molar-refractivity contribution in [1.29, 1.82) is 0 Å². The summed E-state index contributed by atoms with van der Waals surface area (Å²) in [5, 5.41) is 8.75. The molecule has 2 saturated heterocycles. The first-order valence-corrected chi connectivity index (χ1v) is 8.63. The monoisotopic (exact) mass is 320 g/mol. The fraction of sp³-hybridized carbons (Fsp3) is 0.812. The highest BCUT2D eigenvalue weighted by molar-refractivity contribution is 5.74. The Labute approximate surface area is 138 Å². The smallest absolute Gasteiger partial charge is 0.320 e. The molecule has 0 unspecified atom stereocenters. The molecule has 0 radical (unpaired) electrons. The second kappa shape index (κ2) is 6.86. The molecule has 7 heteroatoms. The molecule has 23 heavy (non-hydrogen) atoms. The summed E-state index contributed by atoms with van der Waals surface area (Å²) >= 11 is 0. The molecule has 2 aliphatic heterocycles. The molecule has 2 amide bonds. The molecule has 128 valence electrons. The summed E-state index contributed by atoms with van der Waals surface area (Å²) < 4.78 is 2.11. The lowest BCUT2D eigenvalue weighted by Crippen LogP contribution is -2.46. The van der Waals surface area contributed by atoms with E-state index >= 15 is 0 Å². The number of likely N-dealkylation sites (tertiary alicyclic amines) is 2. The van der Waals surface area contributed by atoms with Gasteiger partial charge in [-0.3, -0.25) is 0 Å². The van der Waals surface area contributed by atoms with Crippen LogP contribution in [0.3, 0.4) is 0 Å². The zero-order valence-electron chi connectivity index (χ0n) is 14.5. The van der Waals surface area contributed by atoms with Crippen molar-refractivity contribution in [3.63, 3.8) is 0 Å². The topological polar surface area (TPSA) is 57.5 Å². The van der Waals surface area contributed by atoms with Gasteiger partial charge in [0.15, 0.2) is 0 Å². The minimum Gasteiger partial charge on any atom is -0.325 e. The summed E-state index contributed by atoms with van der Waals surface area (Å²) in [4.78, 5) is 18.7. The number of aromatic nitrogens is 3. The summed E-state index contributed by atoms with van der Waals surface area (Å²) in [6, 6.07) is 0.211. The van der Waals surface area contributed by atoms with Gasteiger partial charge in [0.1, 0.15) is 11.6 Å². The molecule has 0 bridgehead atoms. The molecule has 0 saturated carbocycles. The normalized spacial score (nSPS) is 22.2. The molecule has 1 atom stereocenters. The largest absolute Gasteiger partial charge is 0.325 e. The van der Waals surface area contributed by atoms with Crippen molar-refractivity contribution < 1.29 is 4.79 Å². The van der Waals surface area contributed by atoms with E-state index in [1.165, 1.54) is 0 Å². The van der Waals surface area contributed by atoms with E-state index in [2.05, 4.69) is 19.7 Å². The Morgan fingerprint density at radius 2 is 1.83 bits per heavy atom. The standard InChI is InChI=1S/C16H28N6O/c1-19(2)12-14-17-18-15(20(14)3)13-7-6-10-22(11-13)16(23)21-8-4-5-9-21/h13H,4-12H2,1-3H3/t13-/m0/s1. The quantitative estimate of drug-likeness (QED) is 0.842. The van der Waals surface area contributed by atoms with Crippen molar-refractivity contribution in [3.05, 3.63) is 11.6 Å². The predicted octanol–water partition coefficient (Wildman–Crippen LogP) is 1.27. The Morgan fingerprint density at radius 1 is 1.13 bits per heavy atom. The van der Waals surface area contributed by atoms with Crippen molar-refractivity contribution in [2.45, 2.75) is 38.1 Å². The first-order chi connectivity index (χ1) is 11.1. The van der Waals surface area contributed by atoms with Crippen LogP contribution >= 0.6 is 0 Å². The average Bonchev–Trinajstić information content (AvgIpc) is 3.17. The summed E-state index contributed by atoms with van der Waals surface area (Å²) in [5.41, 5.74) is 0. The van der Waals surface area contributed by atoms with E-state index in [4.69, 9.17) is 0 Å². The maximum Gasteiger partial charge on any atom is 0.320 e. The molecule has 1 aromatic rings. The number of urea groups is 1. The fourth-order valence-electron chi connectivity index (χ4n) is 3.62.